The van der Waals surface area contributed by atoms with Crippen LogP contribution < -0.4 is 18.9 Å². The monoisotopic (exact) mass is 357 g/mol. The quantitative estimate of drug-likeness (QED) is 0.790. The molecule has 0 atom stereocenters. The Balaban J connectivity index is 1.53. The van der Waals surface area contributed by atoms with Crippen LogP contribution in [0.2, 0.25) is 0 Å². The third-order valence-electron chi connectivity index (χ3n) is 4.24. The Morgan fingerprint density at radius 1 is 0.885 bits per heavy atom. The molecule has 7 heteroatoms. The molecule has 0 radical (unpaired) electrons. The third-order valence-corrected chi connectivity index (χ3v) is 4.24. The Hall–Kier alpha value is -2.93. The van der Waals surface area contributed by atoms with Gasteiger partial charge in [0.1, 0.15) is 6.61 Å². The molecule has 0 fully saturated rings. The molecule has 0 saturated carbocycles. The van der Waals surface area contributed by atoms with Crippen molar-refractivity contribution in [3.8, 4) is 23.0 Å². The number of carbonyl (C=O) groups excluding carboxylic acids is 1. The van der Waals surface area contributed by atoms with Crippen LogP contribution in [0, 0.1) is 0 Å². The van der Waals surface area contributed by atoms with Crippen LogP contribution in [0.1, 0.15) is 11.1 Å². The van der Waals surface area contributed by atoms with E-state index in [2.05, 4.69) is 0 Å². The van der Waals surface area contributed by atoms with Gasteiger partial charge in [-0.15, -0.1) is 0 Å². The highest BCUT2D eigenvalue weighted by Crippen LogP contribution is 2.34. The highest BCUT2D eigenvalue weighted by atomic mass is 16.7. The zero-order chi connectivity index (χ0) is 17.9. The number of ether oxygens (including phenoxy) is 5. The van der Waals surface area contributed by atoms with E-state index in [1.54, 1.807) is 4.90 Å². The number of hydrogen-bond acceptors (Lipinski definition) is 6. The summed E-state index contributed by atoms with van der Waals surface area (Å²) in [5.74, 6) is 2.75. The Bertz CT molecular complexity index is 762. The van der Waals surface area contributed by atoms with Crippen molar-refractivity contribution >= 4 is 5.91 Å². The van der Waals surface area contributed by atoms with Crippen molar-refractivity contribution < 1.29 is 28.5 Å². The normalized spacial score (nSPS) is 13.7. The second kappa shape index (κ2) is 7.13. The van der Waals surface area contributed by atoms with Crippen LogP contribution in [0.15, 0.2) is 36.4 Å². The molecule has 0 spiro atoms. The fourth-order valence-electron chi connectivity index (χ4n) is 2.97. The first-order valence-electron chi connectivity index (χ1n) is 8.27. The summed E-state index contributed by atoms with van der Waals surface area (Å²) in [4.78, 5) is 14.2. The lowest BCUT2D eigenvalue weighted by Crippen LogP contribution is -2.32. The molecule has 2 aromatic rings. The number of amides is 1. The molecule has 0 N–H and O–H groups in total. The second-order valence-corrected chi connectivity index (χ2v) is 6.06. The average Bonchev–Trinajstić information content (AvgIpc) is 3.29. The lowest BCUT2D eigenvalue weighted by molar-refractivity contribution is -0.136. The van der Waals surface area contributed by atoms with Crippen LogP contribution in [0.4, 0.5) is 0 Å². The molecule has 4 rings (SSSR count). The summed E-state index contributed by atoms with van der Waals surface area (Å²) < 4.78 is 26.5. The van der Waals surface area contributed by atoms with Gasteiger partial charge >= 0.3 is 0 Å². The van der Waals surface area contributed by atoms with Crippen LogP contribution >= 0.6 is 0 Å². The van der Waals surface area contributed by atoms with E-state index in [9.17, 15) is 4.79 Å². The summed E-state index contributed by atoms with van der Waals surface area (Å²) in [6.45, 7) is 1.35. The molecule has 0 bridgehead atoms. The fraction of sp³-hybridized carbons (Fsp3) is 0.316. The van der Waals surface area contributed by atoms with Crippen molar-refractivity contribution in [2.75, 3.05) is 27.3 Å². The first kappa shape index (κ1) is 16.5. The number of nitrogens with zero attached hydrogens (tertiary/aromatic N) is 1. The van der Waals surface area contributed by atoms with Crippen molar-refractivity contribution in [1.82, 2.24) is 4.90 Å². The van der Waals surface area contributed by atoms with Crippen LogP contribution in [0.25, 0.3) is 0 Å². The molecule has 2 aliphatic rings. The van der Waals surface area contributed by atoms with Crippen molar-refractivity contribution in [1.29, 1.82) is 0 Å². The summed E-state index contributed by atoms with van der Waals surface area (Å²) in [5.41, 5.74) is 1.92. The third kappa shape index (κ3) is 3.39. The maximum Gasteiger partial charge on any atom is 0.249 e. The zero-order valence-corrected chi connectivity index (χ0v) is 14.4. The maximum atomic E-state index is 12.5. The Morgan fingerprint density at radius 3 is 1.88 bits per heavy atom. The maximum absolute atomic E-state index is 12.5. The van der Waals surface area contributed by atoms with Crippen molar-refractivity contribution in [3.63, 3.8) is 0 Å². The predicted molar refractivity (Wildman–Crippen MR) is 91.3 cm³/mol. The molecule has 1 amide bonds. The number of carbonyl (C=O) groups is 1. The molecule has 26 heavy (non-hydrogen) atoms. The Labute approximate surface area is 151 Å². The SMILES string of the molecule is COCC(=O)N(Cc1ccc2c(c1)OCO2)Cc1ccc2c(c1)OCO2. The topological polar surface area (TPSA) is 66.5 Å². The number of benzene rings is 2. The van der Waals surface area contributed by atoms with Crippen molar-refractivity contribution in [2.24, 2.45) is 0 Å². The van der Waals surface area contributed by atoms with Gasteiger partial charge in [-0.3, -0.25) is 4.79 Å². The van der Waals surface area contributed by atoms with E-state index in [0.29, 0.717) is 24.6 Å². The molecule has 7 nitrogen and oxygen atoms in total. The van der Waals surface area contributed by atoms with Gasteiger partial charge in [0, 0.05) is 20.2 Å². The van der Waals surface area contributed by atoms with E-state index in [-0.39, 0.29) is 26.1 Å². The van der Waals surface area contributed by atoms with Gasteiger partial charge in [0.15, 0.2) is 23.0 Å². The molecule has 0 saturated heterocycles. The minimum atomic E-state index is -0.0946. The van der Waals surface area contributed by atoms with E-state index in [1.807, 2.05) is 36.4 Å². The standard InChI is InChI=1S/C19H19NO6/c1-22-10-19(21)20(8-13-2-4-15-17(6-13)25-11-23-15)9-14-3-5-16-18(7-14)26-12-24-16/h2-7H,8-12H2,1H3. The van der Waals surface area contributed by atoms with Gasteiger partial charge in [-0.05, 0) is 35.4 Å². The zero-order valence-electron chi connectivity index (χ0n) is 14.4. The van der Waals surface area contributed by atoms with Gasteiger partial charge < -0.3 is 28.6 Å². The van der Waals surface area contributed by atoms with Crippen molar-refractivity contribution in [2.45, 2.75) is 13.1 Å². The summed E-state index contributed by atoms with van der Waals surface area (Å²) in [5, 5.41) is 0. The van der Waals surface area contributed by atoms with Crippen LogP contribution in [-0.4, -0.2) is 38.1 Å². The van der Waals surface area contributed by atoms with Gasteiger partial charge in [-0.25, -0.2) is 0 Å². The van der Waals surface area contributed by atoms with Crippen LogP contribution in [0.5, 0.6) is 23.0 Å². The molecule has 2 heterocycles. The Morgan fingerprint density at radius 2 is 1.38 bits per heavy atom. The number of rotatable bonds is 6. The summed E-state index contributed by atoms with van der Waals surface area (Å²) in [6, 6.07) is 11.4. The largest absolute Gasteiger partial charge is 0.454 e. The molecule has 0 aromatic heterocycles. The van der Waals surface area contributed by atoms with Crippen molar-refractivity contribution in [3.05, 3.63) is 47.5 Å². The summed E-state index contributed by atoms with van der Waals surface area (Å²) >= 11 is 0. The first-order chi connectivity index (χ1) is 12.7. The average molecular weight is 357 g/mol. The highest BCUT2D eigenvalue weighted by molar-refractivity contribution is 5.77. The summed E-state index contributed by atoms with van der Waals surface area (Å²) in [7, 11) is 1.51. The minimum absolute atomic E-state index is 0.0229. The lowest BCUT2D eigenvalue weighted by Gasteiger charge is -2.23. The van der Waals surface area contributed by atoms with Gasteiger partial charge in [0.2, 0.25) is 19.5 Å². The van der Waals surface area contributed by atoms with Crippen LogP contribution in [0.3, 0.4) is 0 Å². The molecule has 0 aliphatic carbocycles. The van der Waals surface area contributed by atoms with E-state index >= 15 is 0 Å². The predicted octanol–water partition coefficient (Wildman–Crippen LogP) is 2.32. The molecule has 136 valence electrons. The van der Waals surface area contributed by atoms with Gasteiger partial charge in [0.05, 0.1) is 0 Å². The first-order valence-corrected chi connectivity index (χ1v) is 8.27. The van der Waals surface area contributed by atoms with Gasteiger partial charge in [-0.2, -0.15) is 0 Å². The van der Waals surface area contributed by atoms with E-state index < -0.39 is 0 Å². The summed E-state index contributed by atoms with van der Waals surface area (Å²) in [6.07, 6.45) is 0. The second-order valence-electron chi connectivity index (χ2n) is 6.06. The smallest absolute Gasteiger partial charge is 0.249 e. The molecular formula is C19H19NO6. The molecule has 2 aliphatic heterocycles. The number of fused-ring (bicyclic) bond motifs is 2. The van der Waals surface area contributed by atoms with E-state index in [0.717, 1.165) is 22.6 Å². The lowest BCUT2D eigenvalue weighted by atomic mass is 10.1. The fourth-order valence-corrected chi connectivity index (χ4v) is 2.97. The highest BCUT2D eigenvalue weighted by Gasteiger charge is 2.19. The molecular weight excluding hydrogens is 338 g/mol. The van der Waals surface area contributed by atoms with Gasteiger partial charge in [-0.1, -0.05) is 12.1 Å². The van der Waals surface area contributed by atoms with E-state index in [1.165, 1.54) is 7.11 Å². The number of methoxy groups -OCH3 is 1. The molecule has 0 unspecified atom stereocenters. The minimum Gasteiger partial charge on any atom is -0.454 e. The molecule has 2 aromatic carbocycles. The van der Waals surface area contributed by atoms with E-state index in [4.69, 9.17) is 23.7 Å². The number of hydrogen-bond donors (Lipinski definition) is 0. The van der Waals surface area contributed by atoms with Crippen LogP contribution in [-0.2, 0) is 22.6 Å². The Kier molecular flexibility index (Phi) is 4.53. The van der Waals surface area contributed by atoms with Gasteiger partial charge in [0.25, 0.3) is 0 Å².